The summed E-state index contributed by atoms with van der Waals surface area (Å²) < 4.78 is 10.9. The lowest BCUT2D eigenvalue weighted by atomic mass is 9.98. The van der Waals surface area contributed by atoms with Crippen LogP contribution in [0.4, 0.5) is 11.4 Å². The van der Waals surface area contributed by atoms with Gasteiger partial charge < -0.3 is 19.8 Å². The van der Waals surface area contributed by atoms with Crippen LogP contribution in [0.25, 0.3) is 33.1 Å². The molecule has 1 amide bonds. The van der Waals surface area contributed by atoms with Gasteiger partial charge in [0.1, 0.15) is 17.4 Å². The molecule has 0 radical (unpaired) electrons. The van der Waals surface area contributed by atoms with E-state index in [2.05, 4.69) is 28.8 Å². The first-order chi connectivity index (χ1) is 23.0. The molecule has 5 aromatic carbocycles. The van der Waals surface area contributed by atoms with Gasteiger partial charge in [-0.2, -0.15) is 0 Å². The van der Waals surface area contributed by atoms with Crippen LogP contribution in [0, 0.1) is 0 Å². The van der Waals surface area contributed by atoms with Crippen LogP contribution in [0.15, 0.2) is 126 Å². The van der Waals surface area contributed by atoms with Crippen LogP contribution in [0.3, 0.4) is 0 Å². The number of carbonyl (C=O) groups excluding carboxylic acids is 3. The summed E-state index contributed by atoms with van der Waals surface area (Å²) >= 11 is 0. The number of para-hydroxylation sites is 1. The highest BCUT2D eigenvalue weighted by atomic mass is 16.5. The topological polar surface area (TPSA) is 97.6 Å². The average Bonchev–Trinajstić information content (AvgIpc) is 3.53. The predicted octanol–water partition coefficient (Wildman–Crippen LogP) is 8.83. The van der Waals surface area contributed by atoms with E-state index in [0.717, 1.165) is 38.6 Å². The van der Waals surface area contributed by atoms with E-state index in [9.17, 15) is 14.4 Å². The molecule has 0 aliphatic rings. The number of carbonyl (C=O) groups is 3. The van der Waals surface area contributed by atoms with Crippen molar-refractivity contribution in [2.24, 2.45) is 0 Å². The number of anilines is 2. The average molecular weight is 625 g/mol. The maximum atomic E-state index is 13.8. The molecule has 0 spiro atoms. The molecule has 0 fully saturated rings. The normalized spacial score (nSPS) is 11.7. The summed E-state index contributed by atoms with van der Waals surface area (Å²) in [6.45, 7) is 2.09. The monoisotopic (exact) mass is 624 g/mol. The largest absolute Gasteiger partial charge is 0.466 e. The summed E-state index contributed by atoms with van der Waals surface area (Å²) in [6, 6.07) is 38.3. The van der Waals surface area contributed by atoms with E-state index in [1.807, 2.05) is 91.0 Å². The van der Waals surface area contributed by atoms with Crippen LogP contribution in [-0.4, -0.2) is 30.3 Å². The molecule has 6 rings (SSSR count). The van der Waals surface area contributed by atoms with E-state index >= 15 is 0 Å². The molecule has 1 heterocycles. The molecule has 0 aliphatic carbocycles. The van der Waals surface area contributed by atoms with Gasteiger partial charge in [-0.25, -0.2) is 0 Å². The first-order valence-electron chi connectivity index (χ1n) is 15.9. The molecule has 7 heteroatoms. The minimum atomic E-state index is -0.609. The van der Waals surface area contributed by atoms with Crippen LogP contribution >= 0.6 is 0 Å². The number of ether oxygens (including phenoxy) is 1. The van der Waals surface area contributed by atoms with Gasteiger partial charge in [-0.05, 0) is 90.3 Å². The molecule has 1 aromatic heterocycles. The number of ketones is 1. The molecule has 47 heavy (non-hydrogen) atoms. The second-order valence-corrected chi connectivity index (χ2v) is 11.4. The third-order valence-electron chi connectivity index (χ3n) is 8.12. The van der Waals surface area contributed by atoms with Gasteiger partial charge in [-0.3, -0.25) is 14.4 Å². The lowest BCUT2D eigenvalue weighted by molar-refractivity contribution is -0.143. The molecule has 2 N–H and O–H groups in total. The molecular formula is C40H36N2O5. The Balaban J connectivity index is 1.17. The highest BCUT2D eigenvalue weighted by Crippen LogP contribution is 2.29. The van der Waals surface area contributed by atoms with Crippen LogP contribution in [-0.2, 0) is 20.7 Å². The van der Waals surface area contributed by atoms with Gasteiger partial charge in [-0.15, -0.1) is 0 Å². The van der Waals surface area contributed by atoms with Gasteiger partial charge in [0.2, 0.25) is 5.91 Å². The summed E-state index contributed by atoms with van der Waals surface area (Å²) in [5.41, 5.74) is 4.73. The van der Waals surface area contributed by atoms with Gasteiger partial charge >= 0.3 is 5.97 Å². The number of nitrogens with one attached hydrogen (secondary N) is 2. The molecular weight excluding hydrogens is 588 g/mol. The first kappa shape index (κ1) is 31.3. The molecule has 0 bridgehead atoms. The number of fused-ring (bicyclic) bond motifs is 2. The van der Waals surface area contributed by atoms with Crippen molar-refractivity contribution in [1.82, 2.24) is 0 Å². The molecule has 6 aromatic rings. The lowest BCUT2D eigenvalue weighted by Gasteiger charge is -2.21. The first-order valence-corrected chi connectivity index (χ1v) is 15.9. The van der Waals surface area contributed by atoms with Crippen molar-refractivity contribution in [3.63, 3.8) is 0 Å². The van der Waals surface area contributed by atoms with Crippen molar-refractivity contribution in [2.75, 3.05) is 17.2 Å². The smallest absolute Gasteiger partial charge is 0.305 e. The second kappa shape index (κ2) is 14.6. The predicted molar refractivity (Wildman–Crippen MR) is 187 cm³/mol. The number of furan rings is 1. The summed E-state index contributed by atoms with van der Waals surface area (Å²) in [7, 11) is 0. The Bertz CT molecular complexity index is 1970. The van der Waals surface area contributed by atoms with Crippen LogP contribution in [0.2, 0.25) is 0 Å². The molecule has 7 nitrogen and oxygen atoms in total. The third kappa shape index (κ3) is 7.76. The van der Waals surface area contributed by atoms with E-state index in [0.29, 0.717) is 36.4 Å². The summed E-state index contributed by atoms with van der Waals surface area (Å²) in [6.07, 6.45) is 1.35. The Morgan fingerprint density at radius 3 is 2.21 bits per heavy atom. The Kier molecular flexibility index (Phi) is 9.73. The molecule has 236 valence electrons. The molecule has 0 unspecified atom stereocenters. The van der Waals surface area contributed by atoms with Crippen molar-refractivity contribution in [1.29, 1.82) is 0 Å². The van der Waals surface area contributed by atoms with Crippen LogP contribution in [0.1, 0.15) is 42.1 Å². The number of hydrogen-bond donors (Lipinski definition) is 2. The Morgan fingerprint density at radius 1 is 0.745 bits per heavy atom. The molecule has 0 aliphatic heterocycles. The Hall–Kier alpha value is -5.69. The van der Waals surface area contributed by atoms with Gasteiger partial charge in [0.05, 0.1) is 6.61 Å². The zero-order valence-electron chi connectivity index (χ0n) is 26.2. The fourth-order valence-corrected chi connectivity index (χ4v) is 5.70. The van der Waals surface area contributed by atoms with E-state index in [1.165, 1.54) is 0 Å². The van der Waals surface area contributed by atoms with Gasteiger partial charge in [0.15, 0.2) is 5.78 Å². The Labute approximate surface area is 273 Å². The maximum absolute atomic E-state index is 13.8. The summed E-state index contributed by atoms with van der Waals surface area (Å²) in [5.74, 6) is 0.239. The number of benzene rings is 5. The fraction of sp³-hybridized carbons (Fsp3) is 0.175. The molecule has 0 saturated heterocycles. The van der Waals surface area contributed by atoms with Gasteiger partial charge in [-0.1, -0.05) is 60.7 Å². The zero-order valence-corrected chi connectivity index (χ0v) is 26.2. The van der Waals surface area contributed by atoms with Crippen molar-refractivity contribution in [2.45, 2.75) is 38.6 Å². The van der Waals surface area contributed by atoms with Crippen molar-refractivity contribution < 1.29 is 23.5 Å². The van der Waals surface area contributed by atoms with Gasteiger partial charge in [0, 0.05) is 47.2 Å². The number of rotatable bonds is 13. The van der Waals surface area contributed by atoms with Crippen LogP contribution < -0.4 is 10.6 Å². The summed E-state index contributed by atoms with van der Waals surface area (Å²) in [5, 5.41) is 9.72. The van der Waals surface area contributed by atoms with Crippen LogP contribution in [0.5, 0.6) is 0 Å². The minimum Gasteiger partial charge on any atom is -0.466 e. The minimum absolute atomic E-state index is 0.0445. The van der Waals surface area contributed by atoms with Gasteiger partial charge in [0.25, 0.3) is 0 Å². The highest BCUT2D eigenvalue weighted by Gasteiger charge is 2.21. The highest BCUT2D eigenvalue weighted by molar-refractivity contribution is 5.99. The second-order valence-electron chi connectivity index (χ2n) is 11.4. The standard InChI is InChI=1S/C40H36N2O5/c1-2-46-39(44)16-8-14-36(43)28-17-21-32(22-18-28)41-35(25-30-12-7-11-27-9-3-5-13-34(27)30)40(45)42-33-23-19-29(20-24-33)38-26-31-10-4-6-15-37(31)47-38/h3-7,9-13,15,17-24,26,35,41H,2,8,14,16,25H2,1H3,(H,42,45)/t35-/m0/s1. The molecule has 0 saturated carbocycles. The zero-order chi connectivity index (χ0) is 32.6. The summed E-state index contributed by atoms with van der Waals surface area (Å²) in [4.78, 5) is 38.2. The number of hydrogen-bond acceptors (Lipinski definition) is 6. The number of esters is 1. The number of Topliss-reactive ketones (excluding diaryl/α,β-unsaturated/α-hetero) is 1. The van der Waals surface area contributed by atoms with Crippen molar-refractivity contribution in [3.05, 3.63) is 132 Å². The van der Waals surface area contributed by atoms with E-state index in [1.54, 1.807) is 19.1 Å². The lowest BCUT2D eigenvalue weighted by Crippen LogP contribution is -2.36. The Morgan fingerprint density at radius 2 is 1.45 bits per heavy atom. The number of amides is 1. The van der Waals surface area contributed by atoms with Crippen molar-refractivity contribution in [3.8, 4) is 11.3 Å². The van der Waals surface area contributed by atoms with Crippen molar-refractivity contribution >= 4 is 50.8 Å². The van der Waals surface area contributed by atoms with E-state index in [4.69, 9.17) is 9.15 Å². The quantitative estimate of drug-likeness (QED) is 0.0984. The van der Waals surface area contributed by atoms with E-state index in [-0.39, 0.29) is 30.5 Å². The van der Waals surface area contributed by atoms with E-state index < -0.39 is 6.04 Å². The third-order valence-corrected chi connectivity index (χ3v) is 8.12. The molecule has 1 atom stereocenters. The maximum Gasteiger partial charge on any atom is 0.305 e. The fourth-order valence-electron chi connectivity index (χ4n) is 5.70. The SMILES string of the molecule is CCOC(=O)CCCC(=O)c1ccc(N[C@@H](Cc2cccc3ccccc23)C(=O)Nc2ccc(-c3cc4ccccc4o3)cc2)cc1.